The largest absolute Gasteiger partial charge is 0.318 e. The average molecular weight is 529 g/mol. The maximum atomic E-state index is 12.8. The first kappa shape index (κ1) is 24.7. The van der Waals surface area contributed by atoms with Crippen molar-refractivity contribution in [1.29, 1.82) is 0 Å². The van der Waals surface area contributed by atoms with Crippen LogP contribution in [-0.4, -0.2) is 46.7 Å². The summed E-state index contributed by atoms with van der Waals surface area (Å²) in [7, 11) is -8.61. The molecule has 0 fully saturated rings. The summed E-state index contributed by atoms with van der Waals surface area (Å²) in [6, 6.07) is 11.9. The van der Waals surface area contributed by atoms with Crippen LogP contribution in [0.25, 0.3) is 12.2 Å². The van der Waals surface area contributed by atoms with E-state index in [0.717, 1.165) is 25.3 Å². The number of aromatic nitrogens is 6. The molecule has 0 atom stereocenters. The molecule has 4 aromatic rings. The summed E-state index contributed by atoms with van der Waals surface area (Å²) in [6.45, 7) is 0. The molecular formula is C20H16N8O6S2. The second-order valence-corrected chi connectivity index (χ2v) is 9.64. The first-order chi connectivity index (χ1) is 17.4. The zero-order valence-electron chi connectivity index (χ0n) is 18.0. The third-order valence-electron chi connectivity index (χ3n) is 4.29. The molecule has 0 bridgehead atoms. The lowest BCUT2D eigenvalue weighted by molar-refractivity contribution is 0.385. The molecule has 36 heavy (non-hydrogen) atoms. The van der Waals surface area contributed by atoms with Crippen LogP contribution in [0.5, 0.6) is 0 Å². The van der Waals surface area contributed by atoms with Gasteiger partial charge in [-0.25, -0.2) is 20.9 Å². The van der Waals surface area contributed by atoms with Crippen LogP contribution in [-0.2, 0) is 28.8 Å². The van der Waals surface area contributed by atoms with E-state index in [9.17, 15) is 16.8 Å². The Morgan fingerprint density at radius 1 is 0.583 bits per heavy atom. The van der Waals surface area contributed by atoms with Gasteiger partial charge in [-0.2, -0.15) is 36.8 Å². The number of benzene rings is 2. The highest BCUT2D eigenvalue weighted by molar-refractivity contribution is 7.87. The summed E-state index contributed by atoms with van der Waals surface area (Å²) in [4.78, 5) is 21.8. The van der Waals surface area contributed by atoms with Gasteiger partial charge in [0.15, 0.2) is 0 Å². The molecule has 14 nitrogen and oxygen atoms in total. The van der Waals surface area contributed by atoms with E-state index in [1.54, 1.807) is 12.1 Å². The van der Waals surface area contributed by atoms with Crippen LogP contribution in [0.1, 0.15) is 11.1 Å². The summed E-state index contributed by atoms with van der Waals surface area (Å²) in [5, 5.41) is 0. The maximum absolute atomic E-state index is 12.8. The van der Waals surface area contributed by atoms with Crippen molar-refractivity contribution in [3.05, 3.63) is 85.0 Å². The molecule has 0 spiro atoms. The van der Waals surface area contributed by atoms with Crippen molar-refractivity contribution in [3.8, 4) is 0 Å². The van der Waals surface area contributed by atoms with Crippen molar-refractivity contribution in [2.75, 3.05) is 11.0 Å². The molecule has 0 radical (unpaired) electrons. The first-order valence-corrected chi connectivity index (χ1v) is 12.7. The van der Waals surface area contributed by atoms with Crippen LogP contribution < -0.4 is 11.0 Å². The second-order valence-electron chi connectivity index (χ2n) is 6.61. The predicted molar refractivity (Wildman–Crippen MR) is 125 cm³/mol. The number of hydrogen-bond donors (Lipinski definition) is 2. The molecule has 16 heteroatoms. The van der Waals surface area contributed by atoms with Gasteiger partial charge in [0.1, 0.15) is 35.1 Å². The topological polar surface area (TPSA) is 188 Å². The zero-order chi connectivity index (χ0) is 25.4. The number of rotatable bonds is 10. The van der Waals surface area contributed by atoms with Crippen molar-refractivity contribution in [2.24, 2.45) is 0 Å². The minimum Gasteiger partial charge on any atom is -0.225 e. The maximum Gasteiger partial charge on any atom is 0.318 e. The molecular weight excluding hydrogens is 512 g/mol. The summed E-state index contributed by atoms with van der Waals surface area (Å²) >= 11 is 0. The van der Waals surface area contributed by atoms with Gasteiger partial charge in [-0.05, 0) is 23.3 Å². The van der Waals surface area contributed by atoms with Gasteiger partial charge in [0, 0.05) is 0 Å². The molecule has 0 saturated carbocycles. The fraction of sp³-hybridized carbons (Fsp3) is 0. The van der Waals surface area contributed by atoms with E-state index in [4.69, 9.17) is 8.57 Å². The molecule has 0 unspecified atom stereocenters. The lowest BCUT2D eigenvalue weighted by atomic mass is 10.1. The predicted octanol–water partition coefficient (Wildman–Crippen LogP) is 1.69. The lowest BCUT2D eigenvalue weighted by Crippen LogP contribution is -2.14. The molecule has 2 aromatic carbocycles. The van der Waals surface area contributed by atoms with Gasteiger partial charge in [0.2, 0.25) is 0 Å². The van der Waals surface area contributed by atoms with E-state index in [-0.39, 0.29) is 32.8 Å². The van der Waals surface area contributed by atoms with E-state index < -0.39 is 20.2 Å². The highest BCUT2D eigenvalue weighted by Crippen LogP contribution is 2.24. The minimum atomic E-state index is -4.31. The number of nitrogens with one attached hydrogen (secondary N) is 2. The van der Waals surface area contributed by atoms with Gasteiger partial charge in [-0.1, -0.05) is 48.6 Å². The SMILES string of the molecule is O=S(=O)(ONc1ncncn1)c1ccccc1C=Cc1ccccc1S(=O)(=O)ONc1ncncn1. The van der Waals surface area contributed by atoms with Crippen molar-refractivity contribution in [3.63, 3.8) is 0 Å². The summed E-state index contributed by atoms with van der Waals surface area (Å²) in [6.07, 6.45) is 7.50. The molecule has 184 valence electrons. The Labute approximate surface area is 205 Å². The van der Waals surface area contributed by atoms with Gasteiger partial charge >= 0.3 is 20.2 Å². The van der Waals surface area contributed by atoms with Crippen molar-refractivity contribution >= 4 is 44.3 Å². The van der Waals surface area contributed by atoms with Crippen LogP contribution in [0, 0.1) is 0 Å². The van der Waals surface area contributed by atoms with Gasteiger partial charge in [-0.15, -0.1) is 8.57 Å². The smallest absolute Gasteiger partial charge is 0.225 e. The molecule has 0 aliphatic rings. The van der Waals surface area contributed by atoms with Gasteiger partial charge in [0.05, 0.1) is 0 Å². The number of hydrogen-bond acceptors (Lipinski definition) is 14. The van der Waals surface area contributed by atoms with Crippen LogP contribution in [0.4, 0.5) is 11.9 Å². The number of anilines is 2. The van der Waals surface area contributed by atoms with E-state index in [2.05, 4.69) is 40.9 Å². The van der Waals surface area contributed by atoms with Crippen LogP contribution in [0.3, 0.4) is 0 Å². The minimum absolute atomic E-state index is 0.105. The van der Waals surface area contributed by atoms with E-state index in [1.807, 2.05) is 0 Å². The fourth-order valence-corrected chi connectivity index (χ4v) is 4.62. The monoisotopic (exact) mass is 528 g/mol. The Morgan fingerprint density at radius 3 is 1.33 bits per heavy atom. The van der Waals surface area contributed by atoms with Crippen molar-refractivity contribution in [2.45, 2.75) is 9.79 Å². The molecule has 4 rings (SSSR count). The normalized spacial score (nSPS) is 11.9. The molecule has 0 amide bonds. The summed E-state index contributed by atoms with van der Waals surface area (Å²) in [5.74, 6) is -0.210. The van der Waals surface area contributed by atoms with Crippen LogP contribution in [0.15, 0.2) is 83.6 Å². The zero-order valence-corrected chi connectivity index (χ0v) is 19.7. The molecule has 2 N–H and O–H groups in total. The Balaban J connectivity index is 1.57. The Bertz CT molecular complexity index is 1450. The van der Waals surface area contributed by atoms with Crippen molar-refractivity contribution < 1.29 is 25.4 Å². The molecule has 2 aromatic heterocycles. The Kier molecular flexibility index (Phi) is 7.50. The van der Waals surface area contributed by atoms with E-state index in [1.165, 1.54) is 48.6 Å². The van der Waals surface area contributed by atoms with Crippen molar-refractivity contribution in [1.82, 2.24) is 29.9 Å². The fourth-order valence-electron chi connectivity index (χ4n) is 2.73. The highest BCUT2D eigenvalue weighted by atomic mass is 32.2. The van der Waals surface area contributed by atoms with Gasteiger partial charge < -0.3 is 0 Å². The third kappa shape index (κ3) is 6.19. The summed E-state index contributed by atoms with van der Waals surface area (Å²) in [5.41, 5.74) is 4.76. The Morgan fingerprint density at radius 2 is 0.944 bits per heavy atom. The average Bonchev–Trinajstić information content (AvgIpc) is 2.91. The molecule has 0 aliphatic heterocycles. The first-order valence-electron chi connectivity index (χ1n) is 9.84. The Hall–Kier alpha value is -4.38. The number of nitrogens with zero attached hydrogens (tertiary/aromatic N) is 6. The highest BCUT2D eigenvalue weighted by Gasteiger charge is 2.21. The van der Waals surface area contributed by atoms with Crippen LogP contribution in [0.2, 0.25) is 0 Å². The molecule has 0 saturated heterocycles. The quantitative estimate of drug-likeness (QED) is 0.223. The van der Waals surface area contributed by atoms with Gasteiger partial charge in [-0.3, -0.25) is 0 Å². The van der Waals surface area contributed by atoms with E-state index >= 15 is 0 Å². The molecule has 2 heterocycles. The second kappa shape index (κ2) is 10.9. The van der Waals surface area contributed by atoms with Gasteiger partial charge in [0.25, 0.3) is 11.9 Å². The van der Waals surface area contributed by atoms with E-state index in [0.29, 0.717) is 0 Å². The standard InChI is InChI=1S/C20H16N8O6S2/c29-35(30,33-27-19-23-11-21-12-24-19)17-7-3-1-5-15(17)9-10-16-6-2-4-8-18(16)36(31,32)34-28-20-25-13-22-14-26-20/h1-14H,(H,21,23,24,27)(H,22,25,26,28). The third-order valence-corrected chi connectivity index (χ3v) is 6.72. The molecule has 0 aliphatic carbocycles. The lowest BCUT2D eigenvalue weighted by Gasteiger charge is -2.09. The summed E-state index contributed by atoms with van der Waals surface area (Å²) < 4.78 is 60.7. The van der Waals surface area contributed by atoms with Crippen LogP contribution >= 0.6 is 0 Å².